The maximum atomic E-state index is 13.1. The van der Waals surface area contributed by atoms with E-state index < -0.39 is 47.0 Å². The summed E-state index contributed by atoms with van der Waals surface area (Å²) in [5, 5.41) is 16.0. The lowest BCUT2D eigenvalue weighted by Crippen LogP contribution is -2.59. The third-order valence-electron chi connectivity index (χ3n) is 6.69. The van der Waals surface area contributed by atoms with Crippen LogP contribution in [0.2, 0.25) is 0 Å². The fourth-order valence-corrected chi connectivity index (χ4v) is 5.12. The van der Waals surface area contributed by atoms with Gasteiger partial charge in [-0.3, -0.25) is 14.4 Å². The van der Waals surface area contributed by atoms with E-state index in [1.54, 1.807) is 6.92 Å². The SMILES string of the molecule is CC(C)(C)N[C@@H]1CC[C@H](N2CC[C@H](NC(=O)c3cccc(C(F)(F)F)c3)C2=O)C(C)(C(=O)O)C1. The maximum Gasteiger partial charge on any atom is 0.416 e. The highest BCUT2D eigenvalue weighted by atomic mass is 19.4. The number of rotatable bonds is 5. The van der Waals surface area contributed by atoms with Crippen molar-refractivity contribution in [1.82, 2.24) is 15.5 Å². The van der Waals surface area contributed by atoms with Crippen molar-refractivity contribution in [2.45, 2.75) is 83.2 Å². The molecule has 1 aromatic carbocycles. The van der Waals surface area contributed by atoms with Gasteiger partial charge in [0.25, 0.3) is 5.91 Å². The number of hydrogen-bond donors (Lipinski definition) is 3. The van der Waals surface area contributed by atoms with Gasteiger partial charge >= 0.3 is 12.1 Å². The highest BCUT2D eigenvalue weighted by Crippen LogP contribution is 2.41. The summed E-state index contributed by atoms with van der Waals surface area (Å²) < 4.78 is 38.9. The summed E-state index contributed by atoms with van der Waals surface area (Å²) in [7, 11) is 0. The third kappa shape index (κ3) is 5.54. The molecular formula is C24H32F3N3O4. The van der Waals surface area contributed by atoms with Crippen molar-refractivity contribution in [3.63, 3.8) is 0 Å². The highest BCUT2D eigenvalue weighted by molar-refractivity contribution is 5.98. The molecule has 2 aliphatic rings. The van der Waals surface area contributed by atoms with E-state index in [2.05, 4.69) is 10.6 Å². The number of benzene rings is 1. The van der Waals surface area contributed by atoms with Crippen LogP contribution in [0.3, 0.4) is 0 Å². The summed E-state index contributed by atoms with van der Waals surface area (Å²) >= 11 is 0. The van der Waals surface area contributed by atoms with Crippen LogP contribution in [0.25, 0.3) is 0 Å². The van der Waals surface area contributed by atoms with E-state index in [0.29, 0.717) is 19.3 Å². The molecule has 1 aromatic rings. The van der Waals surface area contributed by atoms with Gasteiger partial charge in [-0.25, -0.2) is 0 Å². The summed E-state index contributed by atoms with van der Waals surface area (Å²) in [4.78, 5) is 39.5. The molecule has 2 amide bonds. The van der Waals surface area contributed by atoms with Crippen molar-refractivity contribution in [1.29, 1.82) is 0 Å². The standard InChI is InChI=1S/C24H32F3N3O4/c1-22(2,3)29-16-8-9-18(23(4,13-16)21(33)34)30-11-10-17(20(30)32)28-19(31)14-6-5-7-15(12-14)24(25,26)27/h5-7,12,16-18,29H,8-11,13H2,1-4H3,(H,28,31)(H,33,34)/t16-,17+,18+,23?/m1/s1. The molecule has 7 nitrogen and oxygen atoms in total. The molecule has 1 saturated carbocycles. The third-order valence-corrected chi connectivity index (χ3v) is 6.69. The average Bonchev–Trinajstić information content (AvgIpc) is 3.06. The van der Waals surface area contributed by atoms with E-state index in [1.807, 2.05) is 20.8 Å². The first kappa shape index (κ1) is 26.0. The molecule has 2 fully saturated rings. The van der Waals surface area contributed by atoms with Crippen LogP contribution < -0.4 is 10.6 Å². The number of hydrogen-bond acceptors (Lipinski definition) is 4. The minimum absolute atomic E-state index is 0.00790. The molecule has 0 bridgehead atoms. The Bertz CT molecular complexity index is 960. The largest absolute Gasteiger partial charge is 0.481 e. The van der Waals surface area contributed by atoms with E-state index >= 15 is 0 Å². The van der Waals surface area contributed by atoms with Gasteiger partial charge in [-0.05, 0) is 71.6 Å². The van der Waals surface area contributed by atoms with Gasteiger partial charge in [-0.15, -0.1) is 0 Å². The number of carbonyl (C=O) groups is 3. The van der Waals surface area contributed by atoms with Crippen LogP contribution >= 0.6 is 0 Å². The van der Waals surface area contributed by atoms with Gasteiger partial charge in [0, 0.05) is 29.7 Å². The molecule has 1 heterocycles. The Kier molecular flexibility index (Phi) is 7.04. The van der Waals surface area contributed by atoms with E-state index in [4.69, 9.17) is 0 Å². The molecule has 4 atom stereocenters. The second-order valence-corrected chi connectivity index (χ2v) is 10.5. The zero-order valence-corrected chi connectivity index (χ0v) is 19.8. The van der Waals surface area contributed by atoms with Crippen LogP contribution in [0.15, 0.2) is 24.3 Å². The van der Waals surface area contributed by atoms with Crippen molar-refractivity contribution >= 4 is 17.8 Å². The van der Waals surface area contributed by atoms with Gasteiger partial charge in [-0.2, -0.15) is 13.2 Å². The summed E-state index contributed by atoms with van der Waals surface area (Å²) in [5.41, 5.74) is -2.49. The van der Waals surface area contributed by atoms with Gasteiger partial charge in [0.1, 0.15) is 6.04 Å². The van der Waals surface area contributed by atoms with E-state index in [-0.39, 0.29) is 30.1 Å². The van der Waals surface area contributed by atoms with Crippen LogP contribution in [0, 0.1) is 5.41 Å². The topological polar surface area (TPSA) is 98.7 Å². The number of carboxylic acids is 1. The van der Waals surface area contributed by atoms with Crippen molar-refractivity contribution < 1.29 is 32.7 Å². The van der Waals surface area contributed by atoms with Gasteiger partial charge < -0.3 is 20.6 Å². The molecule has 1 saturated heterocycles. The Hall–Kier alpha value is -2.62. The number of halogens is 3. The number of aliphatic carboxylic acids is 1. The molecule has 10 heteroatoms. The van der Waals surface area contributed by atoms with E-state index in [0.717, 1.165) is 18.2 Å². The lowest BCUT2D eigenvalue weighted by Gasteiger charge is -2.47. The van der Waals surface area contributed by atoms with Crippen LogP contribution in [0.1, 0.15) is 69.3 Å². The molecule has 1 aliphatic carbocycles. The lowest BCUT2D eigenvalue weighted by atomic mass is 9.68. The first-order valence-corrected chi connectivity index (χ1v) is 11.4. The number of nitrogens with zero attached hydrogens (tertiary/aromatic N) is 1. The average molecular weight is 484 g/mol. The fraction of sp³-hybridized carbons (Fsp3) is 0.625. The molecule has 1 unspecified atom stereocenters. The van der Waals surface area contributed by atoms with Crippen LogP contribution in [-0.4, -0.2) is 58.0 Å². The molecule has 0 aromatic heterocycles. The minimum atomic E-state index is -4.59. The molecular weight excluding hydrogens is 451 g/mol. The van der Waals surface area contributed by atoms with Crippen molar-refractivity contribution in [3.8, 4) is 0 Å². The molecule has 3 N–H and O–H groups in total. The monoisotopic (exact) mass is 483 g/mol. The number of nitrogens with one attached hydrogen (secondary N) is 2. The fourth-order valence-electron chi connectivity index (χ4n) is 5.12. The number of likely N-dealkylation sites (tertiary alicyclic amines) is 1. The lowest BCUT2D eigenvalue weighted by molar-refractivity contribution is -0.158. The number of carboxylic acid groups (broad SMARTS) is 1. The molecule has 3 rings (SSSR count). The zero-order valence-electron chi connectivity index (χ0n) is 19.8. The van der Waals surface area contributed by atoms with Crippen molar-refractivity contribution in [2.24, 2.45) is 5.41 Å². The zero-order chi connectivity index (χ0) is 25.5. The van der Waals surface area contributed by atoms with Crippen LogP contribution in [0.5, 0.6) is 0 Å². The minimum Gasteiger partial charge on any atom is -0.481 e. The first-order chi connectivity index (χ1) is 15.6. The van der Waals surface area contributed by atoms with E-state index in [1.165, 1.54) is 11.0 Å². The Morgan fingerprint density at radius 2 is 1.82 bits per heavy atom. The van der Waals surface area contributed by atoms with Gasteiger partial charge in [-0.1, -0.05) is 6.07 Å². The molecule has 0 radical (unpaired) electrons. The highest BCUT2D eigenvalue weighted by Gasteiger charge is 2.52. The molecule has 34 heavy (non-hydrogen) atoms. The normalized spacial score (nSPS) is 28.1. The Labute approximate surface area is 197 Å². The van der Waals surface area contributed by atoms with Crippen molar-refractivity contribution in [3.05, 3.63) is 35.4 Å². The van der Waals surface area contributed by atoms with Crippen molar-refractivity contribution in [2.75, 3.05) is 6.54 Å². The van der Waals surface area contributed by atoms with Crippen LogP contribution in [0.4, 0.5) is 13.2 Å². The Balaban J connectivity index is 1.72. The van der Waals surface area contributed by atoms with E-state index in [9.17, 15) is 32.7 Å². The number of alkyl halides is 3. The summed E-state index contributed by atoms with van der Waals surface area (Å²) in [6, 6.07) is 2.56. The van der Waals surface area contributed by atoms with Crippen LogP contribution in [-0.2, 0) is 15.8 Å². The first-order valence-electron chi connectivity index (χ1n) is 11.4. The molecule has 0 spiro atoms. The summed E-state index contributed by atoms with van der Waals surface area (Å²) in [6.45, 7) is 7.96. The second kappa shape index (κ2) is 9.20. The molecule has 1 aliphatic heterocycles. The second-order valence-electron chi connectivity index (χ2n) is 10.5. The quantitative estimate of drug-likeness (QED) is 0.596. The number of amides is 2. The summed E-state index contributed by atoms with van der Waals surface area (Å²) in [6.07, 6.45) is -2.76. The predicted molar refractivity (Wildman–Crippen MR) is 119 cm³/mol. The smallest absolute Gasteiger partial charge is 0.416 e. The summed E-state index contributed by atoms with van der Waals surface area (Å²) in [5.74, 6) is -2.16. The molecule has 188 valence electrons. The Morgan fingerprint density at radius 3 is 2.41 bits per heavy atom. The predicted octanol–water partition coefficient (Wildman–Crippen LogP) is 3.44. The van der Waals surface area contributed by atoms with Gasteiger partial charge in [0.05, 0.1) is 11.0 Å². The maximum absolute atomic E-state index is 13.1. The van der Waals surface area contributed by atoms with Gasteiger partial charge in [0.15, 0.2) is 0 Å². The van der Waals surface area contributed by atoms with Gasteiger partial charge in [0.2, 0.25) is 5.91 Å². The number of carbonyl (C=O) groups excluding carboxylic acids is 2. The Morgan fingerprint density at radius 1 is 1.15 bits per heavy atom.